The van der Waals surface area contributed by atoms with Crippen molar-refractivity contribution < 1.29 is 13.6 Å². The van der Waals surface area contributed by atoms with E-state index in [0.29, 0.717) is 5.57 Å². The maximum atomic E-state index is 11.4. The second-order valence-electron chi connectivity index (χ2n) is 3.71. The van der Waals surface area contributed by atoms with E-state index in [1.165, 1.54) is 0 Å². The predicted octanol–water partition coefficient (Wildman–Crippen LogP) is 2.67. The first kappa shape index (κ1) is 14.5. The standard InChI is InChI=1S/C11H22O3Si/c1-6-8-15(7-2,13-5)14-9-11(12)10(3)4/h3,6-9H2,1-2,4-5H3. The van der Waals surface area contributed by atoms with Gasteiger partial charge in [0.1, 0.15) is 0 Å². The molecule has 0 bridgehead atoms. The Balaban J connectivity index is 4.28. The maximum absolute atomic E-state index is 11.4. The Morgan fingerprint density at radius 3 is 2.33 bits per heavy atom. The molecule has 0 rings (SSSR count). The van der Waals surface area contributed by atoms with Crippen molar-refractivity contribution in [3.8, 4) is 0 Å². The molecule has 0 aliphatic rings. The fourth-order valence-electron chi connectivity index (χ4n) is 1.36. The Morgan fingerprint density at radius 1 is 1.40 bits per heavy atom. The third kappa shape index (κ3) is 4.73. The minimum atomic E-state index is -2.11. The lowest BCUT2D eigenvalue weighted by atomic mass is 10.2. The summed E-state index contributed by atoms with van der Waals surface area (Å²) in [6.45, 7) is 9.56. The molecule has 0 aromatic heterocycles. The van der Waals surface area contributed by atoms with Gasteiger partial charge >= 0.3 is 8.56 Å². The summed E-state index contributed by atoms with van der Waals surface area (Å²) in [5.41, 5.74) is 0.543. The van der Waals surface area contributed by atoms with Crippen LogP contribution in [0.25, 0.3) is 0 Å². The van der Waals surface area contributed by atoms with Gasteiger partial charge in [-0.25, -0.2) is 0 Å². The van der Waals surface area contributed by atoms with Crippen molar-refractivity contribution in [2.45, 2.75) is 39.3 Å². The van der Waals surface area contributed by atoms with Gasteiger partial charge in [-0.1, -0.05) is 26.8 Å². The van der Waals surface area contributed by atoms with Crippen molar-refractivity contribution in [3.63, 3.8) is 0 Å². The van der Waals surface area contributed by atoms with E-state index in [1.54, 1.807) is 14.0 Å². The summed E-state index contributed by atoms with van der Waals surface area (Å²) in [6, 6.07) is 1.81. The molecule has 0 N–H and O–H groups in total. The number of carbonyl (C=O) groups excluding carboxylic acids is 1. The van der Waals surface area contributed by atoms with Crippen LogP contribution < -0.4 is 0 Å². The minimum absolute atomic E-state index is 0.0338. The lowest BCUT2D eigenvalue weighted by Crippen LogP contribution is -2.41. The molecule has 0 amide bonds. The van der Waals surface area contributed by atoms with Gasteiger partial charge in [-0.05, 0) is 24.6 Å². The van der Waals surface area contributed by atoms with Crippen LogP contribution in [0.5, 0.6) is 0 Å². The molecule has 0 fully saturated rings. The van der Waals surface area contributed by atoms with Crippen molar-refractivity contribution in [2.75, 3.05) is 13.7 Å². The largest absolute Gasteiger partial charge is 0.398 e. The van der Waals surface area contributed by atoms with E-state index in [4.69, 9.17) is 8.85 Å². The summed E-state index contributed by atoms with van der Waals surface area (Å²) in [7, 11) is -0.437. The van der Waals surface area contributed by atoms with E-state index in [2.05, 4.69) is 20.4 Å². The molecule has 1 unspecified atom stereocenters. The van der Waals surface area contributed by atoms with Crippen LogP contribution in [0.1, 0.15) is 27.2 Å². The summed E-state index contributed by atoms with van der Waals surface area (Å²) >= 11 is 0. The van der Waals surface area contributed by atoms with Gasteiger partial charge in [0.15, 0.2) is 5.78 Å². The fraction of sp³-hybridized carbons (Fsp3) is 0.727. The quantitative estimate of drug-likeness (QED) is 0.475. The smallest absolute Gasteiger partial charge is 0.337 e. The Labute approximate surface area is 93.7 Å². The summed E-state index contributed by atoms with van der Waals surface area (Å²) in [6.07, 6.45) is 1.02. The van der Waals surface area contributed by atoms with Crippen LogP contribution in [0.15, 0.2) is 12.2 Å². The van der Waals surface area contributed by atoms with Crippen LogP contribution in [0, 0.1) is 0 Å². The third-order valence-electron chi connectivity index (χ3n) is 2.48. The van der Waals surface area contributed by atoms with Gasteiger partial charge in [0, 0.05) is 7.11 Å². The van der Waals surface area contributed by atoms with E-state index in [-0.39, 0.29) is 12.4 Å². The molecule has 0 aromatic rings. The molecule has 0 aromatic carbocycles. The lowest BCUT2D eigenvalue weighted by molar-refractivity contribution is -0.118. The first-order valence-electron chi connectivity index (χ1n) is 5.39. The van der Waals surface area contributed by atoms with Crippen LogP contribution in [0.2, 0.25) is 12.1 Å². The second-order valence-corrected chi connectivity index (χ2v) is 7.44. The van der Waals surface area contributed by atoms with Crippen LogP contribution in [-0.2, 0) is 13.6 Å². The van der Waals surface area contributed by atoms with Gasteiger partial charge < -0.3 is 8.85 Å². The molecular weight excluding hydrogens is 208 g/mol. The number of ketones is 1. The first-order chi connectivity index (χ1) is 7.01. The number of Topliss-reactive ketones (excluding diaryl/α,β-unsaturated/α-hetero) is 1. The molecule has 3 nitrogen and oxygen atoms in total. The number of hydrogen-bond donors (Lipinski definition) is 0. The fourth-order valence-corrected chi connectivity index (χ4v) is 3.83. The zero-order valence-electron chi connectivity index (χ0n) is 10.3. The molecule has 4 heteroatoms. The Bertz CT molecular complexity index is 222. The highest BCUT2D eigenvalue weighted by atomic mass is 28.4. The van der Waals surface area contributed by atoms with Gasteiger partial charge in [-0.3, -0.25) is 4.79 Å². The monoisotopic (exact) mass is 230 g/mol. The predicted molar refractivity (Wildman–Crippen MR) is 64.1 cm³/mol. The van der Waals surface area contributed by atoms with Crippen LogP contribution in [-0.4, -0.2) is 28.1 Å². The van der Waals surface area contributed by atoms with E-state index >= 15 is 0 Å². The molecule has 0 spiro atoms. The summed E-state index contributed by atoms with van der Waals surface area (Å²) < 4.78 is 11.2. The molecule has 0 saturated heterocycles. The molecule has 0 radical (unpaired) electrons. The molecule has 1 atom stereocenters. The molecule has 15 heavy (non-hydrogen) atoms. The summed E-state index contributed by atoms with van der Waals surface area (Å²) in [5.74, 6) is -0.0338. The minimum Gasteiger partial charge on any atom is -0.398 e. The van der Waals surface area contributed by atoms with Crippen LogP contribution in [0.4, 0.5) is 0 Å². The van der Waals surface area contributed by atoms with Crippen molar-refractivity contribution in [3.05, 3.63) is 12.2 Å². The van der Waals surface area contributed by atoms with E-state index in [9.17, 15) is 4.79 Å². The van der Waals surface area contributed by atoms with E-state index in [1.807, 2.05) is 0 Å². The van der Waals surface area contributed by atoms with Gasteiger partial charge in [0.25, 0.3) is 0 Å². The molecular formula is C11H22O3Si. The topological polar surface area (TPSA) is 35.5 Å². The lowest BCUT2D eigenvalue weighted by Gasteiger charge is -2.27. The third-order valence-corrected chi connectivity index (χ3v) is 6.24. The van der Waals surface area contributed by atoms with Gasteiger partial charge in [0.05, 0.1) is 6.61 Å². The Hall–Kier alpha value is -0.453. The molecule has 0 heterocycles. The van der Waals surface area contributed by atoms with Gasteiger partial charge in [-0.2, -0.15) is 0 Å². The molecule has 0 saturated carbocycles. The number of hydrogen-bond acceptors (Lipinski definition) is 3. The molecule has 88 valence electrons. The van der Waals surface area contributed by atoms with Crippen molar-refractivity contribution >= 4 is 14.3 Å². The number of rotatable bonds is 8. The highest BCUT2D eigenvalue weighted by Gasteiger charge is 2.33. The zero-order chi connectivity index (χ0) is 11.9. The highest BCUT2D eigenvalue weighted by Crippen LogP contribution is 2.19. The zero-order valence-corrected chi connectivity index (χ0v) is 11.3. The highest BCUT2D eigenvalue weighted by molar-refractivity contribution is 6.67. The van der Waals surface area contributed by atoms with Crippen molar-refractivity contribution in [1.82, 2.24) is 0 Å². The average Bonchev–Trinajstić information content (AvgIpc) is 2.23. The Kier molecular flexibility index (Phi) is 6.72. The SMILES string of the molecule is C=C(C)C(=O)CO[Si](CC)(CCC)OC. The summed E-state index contributed by atoms with van der Waals surface area (Å²) in [4.78, 5) is 11.4. The van der Waals surface area contributed by atoms with Gasteiger partial charge in [-0.15, -0.1) is 0 Å². The van der Waals surface area contributed by atoms with Crippen molar-refractivity contribution in [1.29, 1.82) is 0 Å². The maximum Gasteiger partial charge on any atom is 0.337 e. The van der Waals surface area contributed by atoms with E-state index in [0.717, 1.165) is 18.5 Å². The Morgan fingerprint density at radius 2 is 2.00 bits per heavy atom. The van der Waals surface area contributed by atoms with Crippen LogP contribution in [0.3, 0.4) is 0 Å². The average molecular weight is 230 g/mol. The van der Waals surface area contributed by atoms with Crippen LogP contribution >= 0.6 is 0 Å². The van der Waals surface area contributed by atoms with E-state index < -0.39 is 8.56 Å². The summed E-state index contributed by atoms with van der Waals surface area (Å²) in [5, 5.41) is 0. The molecule has 0 aliphatic carbocycles. The normalized spacial score (nSPS) is 14.7. The number of carbonyl (C=O) groups is 1. The van der Waals surface area contributed by atoms with Gasteiger partial charge in [0.2, 0.25) is 0 Å². The molecule has 0 aliphatic heterocycles. The van der Waals surface area contributed by atoms with Crippen molar-refractivity contribution in [2.24, 2.45) is 0 Å². The first-order valence-corrected chi connectivity index (χ1v) is 7.62. The second kappa shape index (κ2) is 6.93.